The van der Waals surface area contributed by atoms with E-state index in [1.165, 1.54) is 6.07 Å². The summed E-state index contributed by atoms with van der Waals surface area (Å²) in [6.45, 7) is 1.66. The van der Waals surface area contributed by atoms with Gasteiger partial charge in [0.1, 0.15) is 5.82 Å². The molecular formula is C12H7BrFN3O. The molecular weight excluding hydrogens is 301 g/mol. The Kier molecular flexibility index (Phi) is 2.59. The number of rotatable bonds is 1. The zero-order valence-corrected chi connectivity index (χ0v) is 10.9. The van der Waals surface area contributed by atoms with E-state index >= 15 is 0 Å². The Labute approximate surface area is 110 Å². The van der Waals surface area contributed by atoms with Crippen LogP contribution >= 0.6 is 15.9 Å². The maximum absolute atomic E-state index is 14.0. The SMILES string of the molecule is Cc1nnc(-c2cc3c(Br)cncc3cc2F)o1. The summed E-state index contributed by atoms with van der Waals surface area (Å²) < 4.78 is 20.0. The lowest BCUT2D eigenvalue weighted by Gasteiger charge is -2.03. The van der Waals surface area contributed by atoms with Gasteiger partial charge in [0.05, 0.1) is 5.56 Å². The summed E-state index contributed by atoms with van der Waals surface area (Å²) >= 11 is 3.38. The molecule has 0 spiro atoms. The van der Waals surface area contributed by atoms with Crippen LogP contribution in [0.4, 0.5) is 4.39 Å². The van der Waals surface area contributed by atoms with Crippen LogP contribution in [0.25, 0.3) is 22.2 Å². The first-order valence-electron chi connectivity index (χ1n) is 5.18. The quantitative estimate of drug-likeness (QED) is 0.690. The van der Waals surface area contributed by atoms with Gasteiger partial charge in [0.25, 0.3) is 5.89 Å². The normalized spacial score (nSPS) is 11.1. The van der Waals surface area contributed by atoms with E-state index in [1.807, 2.05) is 0 Å². The van der Waals surface area contributed by atoms with Crippen LogP contribution in [0.3, 0.4) is 0 Å². The third-order valence-electron chi connectivity index (χ3n) is 2.55. The Balaban J connectivity index is 2.30. The number of fused-ring (bicyclic) bond motifs is 1. The summed E-state index contributed by atoms with van der Waals surface area (Å²) in [4.78, 5) is 4.00. The molecule has 1 aromatic carbocycles. The first-order chi connectivity index (χ1) is 8.65. The van der Waals surface area contributed by atoms with Crippen molar-refractivity contribution in [1.82, 2.24) is 15.2 Å². The lowest BCUT2D eigenvalue weighted by atomic mass is 10.1. The molecule has 0 radical (unpaired) electrons. The van der Waals surface area contributed by atoms with Gasteiger partial charge in [-0.25, -0.2) is 4.39 Å². The minimum Gasteiger partial charge on any atom is -0.421 e. The number of aryl methyl sites for hydroxylation is 1. The maximum atomic E-state index is 14.0. The number of pyridine rings is 1. The van der Waals surface area contributed by atoms with Crippen molar-refractivity contribution in [3.63, 3.8) is 0 Å². The van der Waals surface area contributed by atoms with Gasteiger partial charge in [0.2, 0.25) is 5.89 Å². The second-order valence-corrected chi connectivity index (χ2v) is 4.66. The standard InChI is InChI=1S/C12H7BrFN3O/c1-6-16-17-12(18-6)9-3-8-7(2-11(9)14)4-15-5-10(8)13/h2-5H,1H3. The first-order valence-corrected chi connectivity index (χ1v) is 5.97. The largest absolute Gasteiger partial charge is 0.421 e. The molecule has 0 fully saturated rings. The van der Waals surface area contributed by atoms with Gasteiger partial charge >= 0.3 is 0 Å². The van der Waals surface area contributed by atoms with Crippen molar-refractivity contribution < 1.29 is 8.81 Å². The molecule has 3 aromatic rings. The Morgan fingerprint density at radius 1 is 1.22 bits per heavy atom. The van der Waals surface area contributed by atoms with Gasteiger partial charge in [0.15, 0.2) is 0 Å². The molecule has 2 aromatic heterocycles. The van der Waals surface area contributed by atoms with Gasteiger partial charge in [-0.15, -0.1) is 10.2 Å². The van der Waals surface area contributed by atoms with E-state index in [1.54, 1.807) is 25.4 Å². The third-order valence-corrected chi connectivity index (χ3v) is 3.19. The molecule has 0 aliphatic rings. The molecule has 90 valence electrons. The minimum atomic E-state index is -0.411. The summed E-state index contributed by atoms with van der Waals surface area (Å²) in [7, 11) is 0. The van der Waals surface area contributed by atoms with Crippen LogP contribution < -0.4 is 0 Å². The van der Waals surface area contributed by atoms with Gasteiger partial charge in [0, 0.05) is 29.2 Å². The topological polar surface area (TPSA) is 51.8 Å². The summed E-state index contributed by atoms with van der Waals surface area (Å²) in [6.07, 6.45) is 3.26. The van der Waals surface area contributed by atoms with Crippen LogP contribution in [-0.4, -0.2) is 15.2 Å². The molecule has 18 heavy (non-hydrogen) atoms. The van der Waals surface area contributed by atoms with Crippen LogP contribution in [0.1, 0.15) is 5.89 Å². The van der Waals surface area contributed by atoms with Crippen molar-refractivity contribution in [2.45, 2.75) is 6.92 Å². The minimum absolute atomic E-state index is 0.176. The highest BCUT2D eigenvalue weighted by molar-refractivity contribution is 9.10. The average Bonchev–Trinajstić information content (AvgIpc) is 2.75. The molecule has 0 amide bonds. The van der Waals surface area contributed by atoms with Crippen molar-refractivity contribution in [3.05, 3.63) is 40.7 Å². The molecule has 3 rings (SSSR count). The van der Waals surface area contributed by atoms with Crippen LogP contribution in [0.2, 0.25) is 0 Å². The highest BCUT2D eigenvalue weighted by Gasteiger charge is 2.14. The molecule has 0 aliphatic heterocycles. The van der Waals surface area contributed by atoms with Crippen molar-refractivity contribution in [3.8, 4) is 11.5 Å². The molecule has 0 saturated carbocycles. The number of hydrogen-bond donors (Lipinski definition) is 0. The average molecular weight is 308 g/mol. The van der Waals surface area contributed by atoms with Crippen LogP contribution in [0.15, 0.2) is 33.4 Å². The van der Waals surface area contributed by atoms with Crippen molar-refractivity contribution >= 4 is 26.7 Å². The van der Waals surface area contributed by atoms with Gasteiger partial charge in [-0.05, 0) is 33.4 Å². The van der Waals surface area contributed by atoms with Crippen LogP contribution in [-0.2, 0) is 0 Å². The van der Waals surface area contributed by atoms with E-state index in [0.717, 1.165) is 9.86 Å². The molecule has 2 heterocycles. The number of nitrogens with zero attached hydrogens (tertiary/aromatic N) is 3. The number of halogens is 2. The Bertz CT molecular complexity index is 741. The highest BCUT2D eigenvalue weighted by Crippen LogP contribution is 2.30. The van der Waals surface area contributed by atoms with Gasteiger partial charge in [-0.1, -0.05) is 0 Å². The summed E-state index contributed by atoms with van der Waals surface area (Å²) in [5.74, 6) is 0.167. The lowest BCUT2D eigenvalue weighted by Crippen LogP contribution is -1.87. The Morgan fingerprint density at radius 3 is 2.78 bits per heavy atom. The van der Waals surface area contributed by atoms with Crippen molar-refractivity contribution in [2.24, 2.45) is 0 Å². The zero-order chi connectivity index (χ0) is 12.7. The van der Waals surface area contributed by atoms with Crippen molar-refractivity contribution in [2.75, 3.05) is 0 Å². The fourth-order valence-corrected chi connectivity index (χ4v) is 2.19. The monoisotopic (exact) mass is 307 g/mol. The predicted molar refractivity (Wildman–Crippen MR) is 67.4 cm³/mol. The lowest BCUT2D eigenvalue weighted by molar-refractivity contribution is 0.526. The summed E-state index contributed by atoms with van der Waals surface area (Å²) in [5.41, 5.74) is 0.287. The van der Waals surface area contributed by atoms with Crippen LogP contribution in [0, 0.1) is 12.7 Å². The van der Waals surface area contributed by atoms with Gasteiger partial charge < -0.3 is 4.42 Å². The van der Waals surface area contributed by atoms with E-state index < -0.39 is 5.82 Å². The molecule has 6 heteroatoms. The third kappa shape index (κ3) is 1.78. The first kappa shape index (κ1) is 11.3. The number of aromatic nitrogens is 3. The van der Waals surface area contributed by atoms with E-state index in [0.29, 0.717) is 11.3 Å². The van der Waals surface area contributed by atoms with E-state index in [9.17, 15) is 4.39 Å². The second kappa shape index (κ2) is 4.13. The molecule has 0 bridgehead atoms. The number of benzene rings is 1. The Morgan fingerprint density at radius 2 is 2.06 bits per heavy atom. The second-order valence-electron chi connectivity index (χ2n) is 3.80. The van der Waals surface area contributed by atoms with Crippen LogP contribution in [0.5, 0.6) is 0 Å². The maximum Gasteiger partial charge on any atom is 0.250 e. The fraction of sp³-hybridized carbons (Fsp3) is 0.0833. The fourth-order valence-electron chi connectivity index (χ4n) is 1.72. The Hall–Kier alpha value is -1.82. The van der Waals surface area contributed by atoms with E-state index in [-0.39, 0.29) is 11.5 Å². The molecule has 0 atom stereocenters. The smallest absolute Gasteiger partial charge is 0.250 e. The summed E-state index contributed by atoms with van der Waals surface area (Å²) in [5, 5.41) is 9.08. The molecule has 0 aliphatic carbocycles. The van der Waals surface area contributed by atoms with E-state index in [2.05, 4.69) is 31.1 Å². The molecule has 0 N–H and O–H groups in total. The van der Waals surface area contributed by atoms with Crippen molar-refractivity contribution in [1.29, 1.82) is 0 Å². The molecule has 4 nitrogen and oxygen atoms in total. The zero-order valence-electron chi connectivity index (χ0n) is 9.32. The van der Waals surface area contributed by atoms with E-state index in [4.69, 9.17) is 4.42 Å². The number of hydrogen-bond acceptors (Lipinski definition) is 4. The summed E-state index contributed by atoms with van der Waals surface area (Å²) in [6, 6.07) is 3.07. The predicted octanol–water partition coefficient (Wildman–Crippen LogP) is 3.49. The molecule has 0 unspecified atom stereocenters. The van der Waals surface area contributed by atoms with Gasteiger partial charge in [-0.3, -0.25) is 4.98 Å². The highest BCUT2D eigenvalue weighted by atomic mass is 79.9. The van der Waals surface area contributed by atoms with Gasteiger partial charge in [-0.2, -0.15) is 0 Å². The molecule has 0 saturated heterocycles.